The van der Waals surface area contributed by atoms with Crippen LogP contribution in [-0.2, 0) is 65.0 Å². The second kappa shape index (κ2) is 33.8. The van der Waals surface area contributed by atoms with Gasteiger partial charge in [0, 0.05) is 118 Å². The summed E-state index contributed by atoms with van der Waals surface area (Å²) in [4.78, 5) is 42.1. The van der Waals surface area contributed by atoms with Gasteiger partial charge in [0.2, 0.25) is 0 Å². The first-order valence-corrected chi connectivity index (χ1v) is 53.1. The van der Waals surface area contributed by atoms with Crippen LogP contribution < -0.4 is 10.7 Å². The maximum Gasteiger partial charge on any atom is 0.0745 e. The Kier molecular flexibility index (Phi) is 23.5. The molecule has 0 aliphatic carbocycles. The quantitative estimate of drug-likeness (QED) is 0.133. The Bertz CT molecular complexity index is 7790. The van der Waals surface area contributed by atoms with Crippen molar-refractivity contribution in [2.24, 2.45) is 0 Å². The topological polar surface area (TPSA) is 115 Å². The number of thiophene rings is 2. The molecule has 0 spiro atoms. The van der Waals surface area contributed by atoms with Crippen LogP contribution in [0, 0.1) is 0 Å². The fraction of sp³-hybridized carbons (Fsp3) is 0.364. The number of hydrogen-bond acceptors (Lipinski definition) is 6. The van der Waals surface area contributed by atoms with E-state index < -0.39 is 0 Å². The summed E-state index contributed by atoms with van der Waals surface area (Å²) >= 11 is 3.63. The van der Waals surface area contributed by atoms with Gasteiger partial charge in [-0.3, -0.25) is 0 Å². The fourth-order valence-electron chi connectivity index (χ4n) is 20.2. The van der Waals surface area contributed by atoms with Gasteiger partial charge in [0.15, 0.2) is 0 Å². The third-order valence-corrected chi connectivity index (χ3v) is 32.0. The van der Waals surface area contributed by atoms with E-state index in [0.717, 1.165) is 196 Å². The number of nitrogens with one attached hydrogen (secondary N) is 4. The molecule has 20 bridgehead atoms. The van der Waals surface area contributed by atoms with Crippen LogP contribution in [0.15, 0.2) is 182 Å². The third-order valence-electron chi connectivity index (χ3n) is 29.7. The maximum absolute atomic E-state index is 6.26. The molecule has 13 heterocycles. The predicted octanol–water partition coefficient (Wildman–Crippen LogP) is 36.4. The van der Waals surface area contributed by atoms with E-state index in [-0.39, 0.29) is 65.0 Å². The summed E-state index contributed by atoms with van der Waals surface area (Å²) in [7, 11) is 0. The smallest absolute Gasteiger partial charge is 0.0745 e. The minimum atomic E-state index is -0.209. The van der Waals surface area contributed by atoms with E-state index in [1.54, 1.807) is 0 Å². The lowest BCUT2D eigenvalue weighted by atomic mass is 9.78. The summed E-state index contributed by atoms with van der Waals surface area (Å²) in [5.41, 5.74) is 40.1. The monoisotopic (exact) mass is 1910 g/mol. The largest absolute Gasteiger partial charge is 0.354 e. The molecule has 4 aliphatic heterocycles. The highest BCUT2D eigenvalue weighted by Crippen LogP contribution is 2.49. The summed E-state index contributed by atoms with van der Waals surface area (Å²) in [6, 6.07) is 72.3. The van der Waals surface area contributed by atoms with Crippen LogP contribution in [-0.4, -0.2) is 39.9 Å². The van der Waals surface area contributed by atoms with Crippen LogP contribution in [0.4, 0.5) is 0 Å². The molecule has 142 heavy (non-hydrogen) atoms. The Morgan fingerprint density at radius 3 is 0.592 bits per heavy atom. The molecule has 0 unspecified atom stereocenters. The lowest BCUT2D eigenvalue weighted by Crippen LogP contribution is -2.17. The van der Waals surface area contributed by atoms with Crippen LogP contribution in [0.3, 0.4) is 0 Å². The minimum Gasteiger partial charge on any atom is -0.354 e. The van der Waals surface area contributed by atoms with Crippen molar-refractivity contribution < 1.29 is 0 Å². The average Bonchev–Trinajstić information content (AvgIpc) is 1.58. The first-order chi connectivity index (χ1) is 65.8. The van der Waals surface area contributed by atoms with Gasteiger partial charge in [0.1, 0.15) is 0 Å². The van der Waals surface area contributed by atoms with E-state index >= 15 is 0 Å². The highest BCUT2D eigenvalue weighted by atomic mass is 32.1. The van der Waals surface area contributed by atoms with Crippen LogP contribution in [0.5, 0.6) is 0 Å². The third kappa shape index (κ3) is 18.9. The predicted molar refractivity (Wildman–Crippen MR) is 620 cm³/mol. The van der Waals surface area contributed by atoms with Crippen molar-refractivity contribution in [1.29, 1.82) is 0 Å². The Labute approximate surface area is 851 Å². The number of H-pyrrole nitrogens is 4. The number of fused-ring (bicyclic) bond motifs is 20. The van der Waals surface area contributed by atoms with Crippen molar-refractivity contribution in [2.75, 3.05) is 0 Å². The lowest BCUT2D eigenvalue weighted by Gasteiger charge is -2.26. The van der Waals surface area contributed by atoms with Gasteiger partial charge in [-0.2, -0.15) is 0 Å². The maximum atomic E-state index is 6.26. The second-order valence-corrected chi connectivity index (χ2v) is 55.7. The van der Waals surface area contributed by atoms with Gasteiger partial charge in [-0.05, 0) is 274 Å². The van der Waals surface area contributed by atoms with Crippen LogP contribution in [0.2, 0.25) is 0 Å². The van der Waals surface area contributed by atoms with E-state index in [1.807, 2.05) is 22.7 Å². The number of aromatic nitrogens is 8. The van der Waals surface area contributed by atoms with E-state index in [2.05, 4.69) is 488 Å². The Morgan fingerprint density at radius 2 is 0.373 bits per heavy atom. The molecule has 0 radical (unpaired) electrons. The first-order valence-electron chi connectivity index (χ1n) is 51.4. The molecule has 4 N–H and O–H groups in total. The van der Waals surface area contributed by atoms with Gasteiger partial charge < -0.3 is 19.9 Å². The highest BCUT2D eigenvalue weighted by molar-refractivity contribution is 7.25. The SMILES string of the molecule is CC(C)(C)c1cc(-c2c3nc(c(-c4cc(C(C)(C)C)cc(C(C)(C)C)c4)c4cc5c(cc6nc(c(-c7cc(C(C)(C)C)cc(C(C)(C)C)c7)c7ccc2[nH]7)=Cc6c2ccc(s2)c2cc6[nH]c2cc2nc(c(-c7cc(C(C)(C)C)cc(C(C)(C)C)c7)c7ccc([nH]7)c(-c7cc(C(C)(C)C)cc(C(C)(C)C)c7)c7nc(c6-c6cc(C(C)(C)C)cc(C(C)(C)C)c6)C=C7)=Cc2c2ccc5s2)[nH]4)C=C3)cc(C(C)(C)C)c1. The number of hydrogen-bond donors (Lipinski definition) is 4. The van der Waals surface area contributed by atoms with Crippen molar-refractivity contribution in [2.45, 2.75) is 314 Å². The van der Waals surface area contributed by atoms with Crippen molar-refractivity contribution >= 4 is 144 Å². The highest BCUT2D eigenvalue weighted by Gasteiger charge is 2.34. The van der Waals surface area contributed by atoms with Gasteiger partial charge in [0.05, 0.1) is 44.5 Å². The molecule has 0 saturated heterocycles. The zero-order valence-electron chi connectivity index (χ0n) is 91.4. The summed E-state index contributed by atoms with van der Waals surface area (Å²) in [5, 5.41) is 3.80. The van der Waals surface area contributed by atoms with E-state index in [9.17, 15) is 0 Å². The van der Waals surface area contributed by atoms with Crippen molar-refractivity contribution in [3.8, 4) is 66.8 Å². The summed E-state index contributed by atoms with van der Waals surface area (Å²) in [6.45, 7) is 84.4. The molecular weight excluding hydrogens is 1760 g/mol. The number of rotatable bonds is 6. The molecule has 9 aromatic heterocycles. The van der Waals surface area contributed by atoms with Crippen molar-refractivity contribution in [3.05, 3.63) is 293 Å². The zero-order chi connectivity index (χ0) is 102. The van der Waals surface area contributed by atoms with Crippen LogP contribution in [0.1, 0.15) is 350 Å². The van der Waals surface area contributed by atoms with Gasteiger partial charge in [-0.1, -0.05) is 358 Å². The van der Waals surface area contributed by atoms with Crippen molar-refractivity contribution in [1.82, 2.24) is 39.9 Å². The number of nitrogens with zero attached hydrogens (tertiary/aromatic N) is 4. The van der Waals surface area contributed by atoms with Crippen LogP contribution >= 0.6 is 22.7 Å². The van der Waals surface area contributed by atoms with Crippen LogP contribution in [0.25, 0.3) is 188 Å². The van der Waals surface area contributed by atoms with Gasteiger partial charge >= 0.3 is 0 Å². The Morgan fingerprint density at radius 1 is 0.183 bits per heavy atom. The first kappa shape index (κ1) is 98.7. The molecular formula is C132H148N8S2. The van der Waals surface area contributed by atoms with Gasteiger partial charge in [-0.25, -0.2) is 19.9 Å². The molecule has 0 fully saturated rings. The number of aromatic amines is 4. The molecule has 19 rings (SSSR count). The Balaban J connectivity index is 1.07. The van der Waals surface area contributed by atoms with E-state index in [1.165, 1.54) is 66.8 Å². The summed E-state index contributed by atoms with van der Waals surface area (Å²) < 4.78 is 4.32. The zero-order valence-corrected chi connectivity index (χ0v) is 93.0. The molecule has 728 valence electrons. The average molecular weight is 1910 g/mol. The standard InChI is InChI=1S/C132H148N8S2/c1-121(2,3)79-49-73(50-80(61-79)122(4,5)6)115-95-37-41-99(133-95)117(75-53-83(125(13,14)15)63-84(54-75)126(16,17)18)107-67-91-103(137-107)71-104-92(68-108(138-104)118(100-42-38-96(115)134-100)76-55-85(127(19,20)21)64-86(56-76)128(22,23)24)112-46-48-114(142-112)94-70-110-120(78-59-89(131(31,32)33)66-90(60-78)132(34,35)36)102-44-40-98(136-102)116(74-51-81(123(7,8)9)62-82(52-74)124(10,11)12)97-39-43-101(135-97)119(77-57-87(129(25,26)27)65-88(58-77)130(28,29)30)109-69-93(113-47-45-111(91)141-113)105(139-109)72-106(94)140-110/h37-72,133,136,138-139H,1-36H3. The summed E-state index contributed by atoms with van der Waals surface area (Å²) in [6.07, 6.45) is 14.0. The normalized spacial score (nSPS) is 13.8. The molecule has 0 amide bonds. The fourth-order valence-corrected chi connectivity index (χ4v) is 22.4. The molecule has 8 nitrogen and oxygen atoms in total. The lowest BCUT2D eigenvalue weighted by molar-refractivity contribution is 0.568. The Hall–Kier alpha value is -12.1. The second-order valence-electron chi connectivity index (χ2n) is 53.6. The minimum absolute atomic E-state index is 0.184. The van der Waals surface area contributed by atoms with Gasteiger partial charge in [-0.15, -0.1) is 22.7 Å². The molecule has 10 heteroatoms. The molecule has 0 saturated carbocycles. The molecule has 4 aliphatic rings. The number of benzene rings is 6. The van der Waals surface area contributed by atoms with Gasteiger partial charge in [0.25, 0.3) is 0 Å². The van der Waals surface area contributed by atoms with E-state index in [4.69, 9.17) is 19.9 Å². The summed E-state index contributed by atoms with van der Waals surface area (Å²) in [5.74, 6) is 0. The molecule has 0 atom stereocenters. The molecule has 15 aromatic rings. The van der Waals surface area contributed by atoms with Crippen molar-refractivity contribution in [3.63, 3.8) is 0 Å². The molecule has 6 aromatic carbocycles. The van der Waals surface area contributed by atoms with E-state index in [0.29, 0.717) is 0 Å².